The summed E-state index contributed by atoms with van der Waals surface area (Å²) in [6.45, 7) is 5.88. The number of anilines is 1. The first-order valence-electron chi connectivity index (χ1n) is 8.67. The van der Waals surface area contributed by atoms with E-state index < -0.39 is 0 Å². The normalized spacial score (nSPS) is 17.5. The highest BCUT2D eigenvalue weighted by Crippen LogP contribution is 2.15. The van der Waals surface area contributed by atoms with Crippen LogP contribution in [0.5, 0.6) is 0 Å². The lowest BCUT2D eigenvalue weighted by Gasteiger charge is -2.32. The van der Waals surface area contributed by atoms with Gasteiger partial charge in [-0.1, -0.05) is 13.8 Å². The van der Waals surface area contributed by atoms with E-state index in [0.717, 1.165) is 5.69 Å². The Hall–Kier alpha value is -2.68. The predicted octanol–water partition coefficient (Wildman–Crippen LogP) is 0.580. The highest BCUT2D eigenvalue weighted by molar-refractivity contribution is 5.92. The third kappa shape index (κ3) is 3.93. The lowest BCUT2D eigenvalue weighted by molar-refractivity contribution is -0.0152. The van der Waals surface area contributed by atoms with E-state index in [9.17, 15) is 9.59 Å². The van der Waals surface area contributed by atoms with Gasteiger partial charge in [0, 0.05) is 44.8 Å². The average molecular weight is 360 g/mol. The molecule has 1 amide bonds. The molecule has 1 atom stereocenters. The standard InChI is InChI=1S/C17H24N6O3/c1-11(2)13-8-14(21-20-13)16(24)23-6-7-26-12(10-23)9-19-15-17(25)22(3)5-4-18-15/h4-5,8,11-12H,6-7,9-10H2,1-3H3,(H,18,19)(H,20,21)/t12-/m0/s1. The van der Waals surface area contributed by atoms with Gasteiger partial charge in [-0.05, 0) is 12.0 Å². The first-order chi connectivity index (χ1) is 12.5. The minimum atomic E-state index is -0.220. The molecule has 3 heterocycles. The third-order valence-electron chi connectivity index (χ3n) is 4.38. The van der Waals surface area contributed by atoms with Gasteiger partial charge in [0.1, 0.15) is 5.69 Å². The third-order valence-corrected chi connectivity index (χ3v) is 4.38. The van der Waals surface area contributed by atoms with Gasteiger partial charge in [0.2, 0.25) is 0 Å². The zero-order valence-corrected chi connectivity index (χ0v) is 15.2. The number of nitrogens with zero attached hydrogens (tertiary/aromatic N) is 4. The molecule has 9 nitrogen and oxygen atoms in total. The molecule has 1 aliphatic heterocycles. The number of aromatic amines is 1. The van der Waals surface area contributed by atoms with E-state index in [4.69, 9.17) is 4.74 Å². The number of ether oxygens (including phenoxy) is 1. The Morgan fingerprint density at radius 1 is 1.50 bits per heavy atom. The molecule has 0 spiro atoms. The number of carbonyl (C=O) groups is 1. The van der Waals surface area contributed by atoms with Crippen LogP contribution in [0.4, 0.5) is 5.82 Å². The first-order valence-corrected chi connectivity index (χ1v) is 8.67. The smallest absolute Gasteiger partial charge is 0.293 e. The van der Waals surface area contributed by atoms with Crippen LogP contribution in [0.1, 0.15) is 35.9 Å². The van der Waals surface area contributed by atoms with Crippen LogP contribution in [-0.4, -0.2) is 62.9 Å². The van der Waals surface area contributed by atoms with E-state index in [0.29, 0.717) is 31.9 Å². The molecular weight excluding hydrogens is 336 g/mol. The molecule has 0 bridgehead atoms. The summed E-state index contributed by atoms with van der Waals surface area (Å²) in [7, 11) is 1.67. The lowest BCUT2D eigenvalue weighted by atomic mass is 10.1. The van der Waals surface area contributed by atoms with Crippen LogP contribution in [-0.2, 0) is 11.8 Å². The number of aryl methyl sites for hydroxylation is 1. The summed E-state index contributed by atoms with van der Waals surface area (Å²) in [6.07, 6.45) is 2.94. The summed E-state index contributed by atoms with van der Waals surface area (Å²) in [5.41, 5.74) is 1.15. The molecule has 0 unspecified atom stereocenters. The predicted molar refractivity (Wildman–Crippen MR) is 96.3 cm³/mol. The van der Waals surface area contributed by atoms with Crippen molar-refractivity contribution in [2.45, 2.75) is 25.9 Å². The van der Waals surface area contributed by atoms with Crippen LogP contribution in [0.2, 0.25) is 0 Å². The van der Waals surface area contributed by atoms with Crippen molar-refractivity contribution in [3.05, 3.63) is 40.2 Å². The molecule has 0 saturated carbocycles. The Labute approximate surface area is 151 Å². The molecule has 0 aromatic carbocycles. The van der Waals surface area contributed by atoms with Crippen LogP contribution < -0.4 is 10.9 Å². The van der Waals surface area contributed by atoms with Gasteiger partial charge in [-0.2, -0.15) is 5.10 Å². The van der Waals surface area contributed by atoms with Gasteiger partial charge in [-0.3, -0.25) is 14.7 Å². The Bertz CT molecular complexity index is 828. The molecule has 1 aliphatic rings. The summed E-state index contributed by atoms with van der Waals surface area (Å²) < 4.78 is 7.16. The van der Waals surface area contributed by atoms with E-state index in [1.807, 2.05) is 13.8 Å². The maximum atomic E-state index is 12.7. The highest BCUT2D eigenvalue weighted by Gasteiger charge is 2.26. The number of aromatic nitrogens is 4. The summed E-state index contributed by atoms with van der Waals surface area (Å²) in [5, 5.41) is 10.0. The van der Waals surface area contributed by atoms with Crippen LogP contribution in [0.3, 0.4) is 0 Å². The average Bonchev–Trinajstić information content (AvgIpc) is 3.13. The Kier molecular flexibility index (Phi) is 5.36. The number of morpholine rings is 1. The molecule has 3 rings (SSSR count). The van der Waals surface area contributed by atoms with Crippen molar-refractivity contribution >= 4 is 11.7 Å². The molecule has 1 fully saturated rings. The van der Waals surface area contributed by atoms with Crippen molar-refractivity contribution in [3.8, 4) is 0 Å². The number of hydrogen-bond acceptors (Lipinski definition) is 6. The topological polar surface area (TPSA) is 105 Å². The van der Waals surface area contributed by atoms with Crippen molar-refractivity contribution in [2.75, 3.05) is 31.6 Å². The summed E-state index contributed by atoms with van der Waals surface area (Å²) in [5.74, 6) is 0.442. The SMILES string of the molecule is CC(C)c1cc(C(=O)N2CCO[C@@H](CNc3nccn(C)c3=O)C2)n[nH]1. The summed E-state index contributed by atoms with van der Waals surface area (Å²) in [4.78, 5) is 30.4. The van der Waals surface area contributed by atoms with Crippen molar-refractivity contribution < 1.29 is 9.53 Å². The molecule has 0 aliphatic carbocycles. The van der Waals surface area contributed by atoms with Gasteiger partial charge in [-0.25, -0.2) is 4.98 Å². The molecule has 140 valence electrons. The number of hydrogen-bond donors (Lipinski definition) is 2. The van der Waals surface area contributed by atoms with Gasteiger partial charge in [0.15, 0.2) is 5.82 Å². The van der Waals surface area contributed by atoms with Crippen molar-refractivity contribution in [1.29, 1.82) is 0 Å². The first kappa shape index (κ1) is 18.1. The Morgan fingerprint density at radius 2 is 2.31 bits per heavy atom. The minimum Gasteiger partial charge on any atom is -0.373 e. The van der Waals surface area contributed by atoms with E-state index in [-0.39, 0.29) is 29.3 Å². The number of amides is 1. The fraction of sp³-hybridized carbons (Fsp3) is 0.529. The van der Waals surface area contributed by atoms with Crippen molar-refractivity contribution in [2.24, 2.45) is 7.05 Å². The van der Waals surface area contributed by atoms with E-state index in [1.165, 1.54) is 4.57 Å². The second-order valence-electron chi connectivity index (χ2n) is 6.68. The number of carbonyl (C=O) groups excluding carboxylic acids is 1. The Balaban J connectivity index is 1.60. The van der Waals surface area contributed by atoms with Gasteiger partial charge >= 0.3 is 0 Å². The van der Waals surface area contributed by atoms with E-state index in [2.05, 4.69) is 20.5 Å². The minimum absolute atomic E-state index is 0.116. The van der Waals surface area contributed by atoms with Gasteiger partial charge in [0.25, 0.3) is 11.5 Å². The maximum absolute atomic E-state index is 12.7. The fourth-order valence-corrected chi connectivity index (χ4v) is 2.76. The molecule has 1 saturated heterocycles. The molecule has 2 aromatic rings. The quantitative estimate of drug-likeness (QED) is 0.808. The Morgan fingerprint density at radius 3 is 3.04 bits per heavy atom. The van der Waals surface area contributed by atoms with Crippen LogP contribution in [0.15, 0.2) is 23.3 Å². The summed E-state index contributed by atoms with van der Waals surface area (Å²) in [6, 6.07) is 1.80. The molecule has 9 heteroatoms. The van der Waals surface area contributed by atoms with Crippen LogP contribution in [0, 0.1) is 0 Å². The molecule has 0 radical (unpaired) electrons. The fourth-order valence-electron chi connectivity index (χ4n) is 2.76. The molecule has 26 heavy (non-hydrogen) atoms. The monoisotopic (exact) mass is 360 g/mol. The van der Waals surface area contributed by atoms with E-state index >= 15 is 0 Å². The summed E-state index contributed by atoms with van der Waals surface area (Å²) >= 11 is 0. The zero-order chi connectivity index (χ0) is 18.7. The highest BCUT2D eigenvalue weighted by atomic mass is 16.5. The second-order valence-corrected chi connectivity index (χ2v) is 6.68. The van der Waals surface area contributed by atoms with Gasteiger partial charge in [0.05, 0.1) is 12.7 Å². The number of rotatable bonds is 5. The maximum Gasteiger partial charge on any atom is 0.293 e. The molecular formula is C17H24N6O3. The largest absolute Gasteiger partial charge is 0.373 e. The second kappa shape index (κ2) is 7.69. The zero-order valence-electron chi connectivity index (χ0n) is 15.2. The van der Waals surface area contributed by atoms with Crippen molar-refractivity contribution in [1.82, 2.24) is 24.6 Å². The molecule has 2 N–H and O–H groups in total. The van der Waals surface area contributed by atoms with E-state index in [1.54, 1.807) is 30.4 Å². The number of nitrogens with one attached hydrogen (secondary N) is 2. The number of H-pyrrole nitrogens is 1. The van der Waals surface area contributed by atoms with Gasteiger partial charge in [-0.15, -0.1) is 0 Å². The lowest BCUT2D eigenvalue weighted by Crippen LogP contribution is -2.48. The van der Waals surface area contributed by atoms with Crippen LogP contribution in [0.25, 0.3) is 0 Å². The van der Waals surface area contributed by atoms with Crippen LogP contribution >= 0.6 is 0 Å². The van der Waals surface area contributed by atoms with Gasteiger partial charge < -0.3 is 19.5 Å². The van der Waals surface area contributed by atoms with Crippen molar-refractivity contribution in [3.63, 3.8) is 0 Å². The molecule has 2 aromatic heterocycles.